The summed E-state index contributed by atoms with van der Waals surface area (Å²) in [6.45, 7) is 4.58. The predicted octanol–water partition coefficient (Wildman–Crippen LogP) is 8.06. The third-order valence-corrected chi connectivity index (χ3v) is 10.1. The Balaban J connectivity index is 1.28. The largest absolute Gasteiger partial charge is 0.298 e. The molecule has 0 unspecified atom stereocenters. The molecular weight excluding hydrogens is 359 g/mol. The quantitative estimate of drug-likeness (QED) is 0.409. The molecular formula is C27H45FO. The molecule has 0 aromatic carbocycles. The summed E-state index contributed by atoms with van der Waals surface area (Å²) in [6.07, 6.45) is 19.1. The standard InChI is InChI=1S/C27H45FO/c1-3-5-6-7-21-12-16-26(17-13-21)24(28)27(25(26)29)18-14-23(15-19-27)22-10-8-20(4-2)9-11-22/h20-24H,3-19H2,1-2H3/t20?,21?,22?,23?,24-,26?,27?/m1/s1. The fourth-order valence-corrected chi connectivity index (χ4v) is 8.00. The van der Waals surface area contributed by atoms with E-state index in [0.29, 0.717) is 5.78 Å². The van der Waals surface area contributed by atoms with E-state index >= 15 is 4.39 Å². The Morgan fingerprint density at radius 3 is 1.83 bits per heavy atom. The predicted molar refractivity (Wildman–Crippen MR) is 119 cm³/mol. The summed E-state index contributed by atoms with van der Waals surface area (Å²) in [6, 6.07) is 0. The molecule has 0 aromatic heterocycles. The van der Waals surface area contributed by atoms with Crippen molar-refractivity contribution >= 4 is 5.78 Å². The fraction of sp³-hybridized carbons (Fsp3) is 0.963. The minimum Gasteiger partial charge on any atom is -0.298 e. The van der Waals surface area contributed by atoms with E-state index in [9.17, 15) is 4.79 Å². The molecule has 2 spiro atoms. The molecule has 4 saturated carbocycles. The molecule has 0 radical (unpaired) electrons. The van der Waals surface area contributed by atoms with Gasteiger partial charge in [0.15, 0.2) is 5.78 Å². The molecule has 29 heavy (non-hydrogen) atoms. The zero-order valence-electron chi connectivity index (χ0n) is 19.2. The van der Waals surface area contributed by atoms with Gasteiger partial charge in [-0.05, 0) is 87.9 Å². The van der Waals surface area contributed by atoms with Crippen molar-refractivity contribution in [2.75, 3.05) is 0 Å². The second-order valence-corrected chi connectivity index (χ2v) is 11.5. The summed E-state index contributed by atoms with van der Waals surface area (Å²) >= 11 is 0. The number of alkyl halides is 1. The van der Waals surface area contributed by atoms with Crippen molar-refractivity contribution in [1.29, 1.82) is 0 Å². The highest BCUT2D eigenvalue weighted by atomic mass is 19.1. The molecule has 0 aromatic rings. The van der Waals surface area contributed by atoms with E-state index in [0.717, 1.165) is 75.0 Å². The van der Waals surface area contributed by atoms with Gasteiger partial charge < -0.3 is 0 Å². The summed E-state index contributed by atoms with van der Waals surface area (Å²) in [5.41, 5.74) is -1.13. The highest BCUT2D eigenvalue weighted by Crippen LogP contribution is 2.66. The lowest BCUT2D eigenvalue weighted by molar-refractivity contribution is -0.194. The van der Waals surface area contributed by atoms with Crippen LogP contribution in [-0.4, -0.2) is 12.0 Å². The summed E-state index contributed by atoms with van der Waals surface area (Å²) in [4.78, 5) is 13.4. The van der Waals surface area contributed by atoms with Crippen LogP contribution < -0.4 is 0 Å². The van der Waals surface area contributed by atoms with Crippen LogP contribution in [0, 0.1) is 34.5 Å². The first-order chi connectivity index (χ1) is 14.1. The van der Waals surface area contributed by atoms with E-state index in [2.05, 4.69) is 13.8 Å². The van der Waals surface area contributed by atoms with Gasteiger partial charge in [0.05, 0.1) is 10.8 Å². The second kappa shape index (κ2) is 8.99. The van der Waals surface area contributed by atoms with Crippen molar-refractivity contribution in [2.24, 2.45) is 34.5 Å². The average molecular weight is 405 g/mol. The third-order valence-electron chi connectivity index (χ3n) is 10.1. The Morgan fingerprint density at radius 2 is 1.31 bits per heavy atom. The molecule has 4 rings (SSSR count). The maximum absolute atomic E-state index is 15.7. The van der Waals surface area contributed by atoms with Crippen LogP contribution in [0.5, 0.6) is 0 Å². The van der Waals surface area contributed by atoms with Crippen LogP contribution in [0.1, 0.15) is 123 Å². The van der Waals surface area contributed by atoms with E-state index in [1.165, 1.54) is 57.8 Å². The second-order valence-electron chi connectivity index (χ2n) is 11.5. The molecule has 1 atom stereocenters. The molecule has 0 saturated heterocycles. The molecule has 1 nitrogen and oxygen atoms in total. The molecule has 0 aliphatic heterocycles. The van der Waals surface area contributed by atoms with Crippen LogP contribution in [0.4, 0.5) is 4.39 Å². The minimum absolute atomic E-state index is 0.359. The van der Waals surface area contributed by atoms with Gasteiger partial charge in [0.2, 0.25) is 0 Å². The number of carbonyl (C=O) groups is 1. The first-order valence-electron chi connectivity index (χ1n) is 13.2. The van der Waals surface area contributed by atoms with Gasteiger partial charge in [-0.15, -0.1) is 0 Å². The molecule has 4 aliphatic rings. The van der Waals surface area contributed by atoms with Gasteiger partial charge in [-0.2, -0.15) is 0 Å². The van der Waals surface area contributed by atoms with Crippen molar-refractivity contribution in [3.05, 3.63) is 0 Å². The van der Waals surface area contributed by atoms with Gasteiger partial charge in [0.1, 0.15) is 6.17 Å². The van der Waals surface area contributed by atoms with Crippen molar-refractivity contribution < 1.29 is 9.18 Å². The van der Waals surface area contributed by atoms with Crippen LogP contribution in [0.2, 0.25) is 0 Å². The SMILES string of the molecule is CCCCCC1CCC2(CC1)C(=O)C1(CCC(C3CCC(CC)CC3)CC1)[C@@H]2F. The van der Waals surface area contributed by atoms with Crippen LogP contribution in [0.15, 0.2) is 0 Å². The minimum atomic E-state index is -0.837. The summed E-state index contributed by atoms with van der Waals surface area (Å²) in [7, 11) is 0. The van der Waals surface area contributed by atoms with Gasteiger partial charge in [-0.25, -0.2) is 4.39 Å². The molecule has 166 valence electrons. The van der Waals surface area contributed by atoms with Gasteiger partial charge >= 0.3 is 0 Å². The van der Waals surface area contributed by atoms with Crippen molar-refractivity contribution in [3.8, 4) is 0 Å². The summed E-state index contributed by atoms with van der Waals surface area (Å²) in [5, 5.41) is 0. The van der Waals surface area contributed by atoms with Gasteiger partial charge in [0.25, 0.3) is 0 Å². The molecule has 2 heteroatoms. The molecule has 4 fully saturated rings. The van der Waals surface area contributed by atoms with E-state index in [1.807, 2.05) is 0 Å². The smallest absolute Gasteiger partial charge is 0.151 e. The summed E-state index contributed by atoms with van der Waals surface area (Å²) in [5.74, 6) is 3.68. The molecule has 0 N–H and O–H groups in total. The van der Waals surface area contributed by atoms with E-state index in [4.69, 9.17) is 0 Å². The number of halogens is 1. The van der Waals surface area contributed by atoms with E-state index in [-0.39, 0.29) is 0 Å². The zero-order valence-corrected chi connectivity index (χ0v) is 19.2. The number of ketones is 1. The topological polar surface area (TPSA) is 17.1 Å². The number of rotatable bonds is 6. The molecule has 0 bridgehead atoms. The lowest BCUT2D eigenvalue weighted by Gasteiger charge is -2.61. The van der Waals surface area contributed by atoms with E-state index in [1.54, 1.807) is 0 Å². The maximum atomic E-state index is 15.7. The van der Waals surface area contributed by atoms with Crippen LogP contribution in [0.25, 0.3) is 0 Å². The molecule has 0 heterocycles. The van der Waals surface area contributed by atoms with Gasteiger partial charge in [0, 0.05) is 0 Å². The third kappa shape index (κ3) is 3.84. The maximum Gasteiger partial charge on any atom is 0.151 e. The Kier molecular flexibility index (Phi) is 6.77. The van der Waals surface area contributed by atoms with Crippen molar-refractivity contribution in [1.82, 2.24) is 0 Å². The van der Waals surface area contributed by atoms with Crippen LogP contribution >= 0.6 is 0 Å². The first-order valence-corrected chi connectivity index (χ1v) is 13.2. The normalized spacial score (nSPS) is 45.5. The highest BCUT2D eigenvalue weighted by Gasteiger charge is 2.71. The van der Waals surface area contributed by atoms with Gasteiger partial charge in [-0.3, -0.25) is 4.79 Å². The first kappa shape index (κ1) is 21.8. The molecule has 4 aliphatic carbocycles. The number of unbranched alkanes of at least 4 members (excludes halogenated alkanes) is 2. The number of carbonyl (C=O) groups excluding carboxylic acids is 1. The van der Waals surface area contributed by atoms with Crippen LogP contribution in [0.3, 0.4) is 0 Å². The zero-order chi connectivity index (χ0) is 20.5. The lowest BCUT2D eigenvalue weighted by atomic mass is 9.41. The number of hydrogen-bond acceptors (Lipinski definition) is 1. The number of Topliss-reactive ketones (excluding diaryl/α,β-unsaturated/α-hetero) is 1. The Bertz CT molecular complexity index is 545. The highest BCUT2D eigenvalue weighted by molar-refractivity contribution is 5.98. The summed E-state index contributed by atoms with van der Waals surface area (Å²) < 4.78 is 15.7. The average Bonchev–Trinajstić information content (AvgIpc) is 2.79. The fourth-order valence-electron chi connectivity index (χ4n) is 8.00. The van der Waals surface area contributed by atoms with Crippen LogP contribution in [-0.2, 0) is 4.79 Å². The van der Waals surface area contributed by atoms with Crippen molar-refractivity contribution in [2.45, 2.75) is 129 Å². The lowest BCUT2D eigenvalue weighted by Crippen LogP contribution is -2.69. The molecule has 0 amide bonds. The van der Waals surface area contributed by atoms with Crippen molar-refractivity contribution in [3.63, 3.8) is 0 Å². The Labute approximate surface area is 179 Å². The Hall–Kier alpha value is -0.400. The van der Waals surface area contributed by atoms with E-state index < -0.39 is 17.0 Å². The van der Waals surface area contributed by atoms with Gasteiger partial charge in [-0.1, -0.05) is 58.8 Å². The number of hydrogen-bond donors (Lipinski definition) is 0. The Morgan fingerprint density at radius 1 is 0.759 bits per heavy atom. The monoisotopic (exact) mass is 404 g/mol.